The average molecular weight is 282 g/mol. The van der Waals surface area contributed by atoms with Crippen molar-refractivity contribution in [3.8, 4) is 5.75 Å². The number of nitrogens with one attached hydrogen (secondary N) is 2. The van der Waals surface area contributed by atoms with Crippen LogP contribution in [-0.4, -0.2) is 25.6 Å². The van der Waals surface area contributed by atoms with E-state index >= 15 is 0 Å². The molecule has 1 aromatic rings. The van der Waals surface area contributed by atoms with Gasteiger partial charge in [-0.05, 0) is 26.3 Å². The van der Waals surface area contributed by atoms with Crippen LogP contribution < -0.4 is 15.4 Å². The van der Waals surface area contributed by atoms with Crippen LogP contribution in [0.5, 0.6) is 5.75 Å². The lowest BCUT2D eigenvalue weighted by Gasteiger charge is -2.20. The Labute approximate surface area is 119 Å². The first kappa shape index (κ1) is 16.4. The maximum absolute atomic E-state index is 13.9. The van der Waals surface area contributed by atoms with Crippen molar-refractivity contribution >= 4 is 5.91 Å². The molecule has 0 aliphatic rings. The van der Waals surface area contributed by atoms with E-state index in [9.17, 15) is 9.18 Å². The van der Waals surface area contributed by atoms with Gasteiger partial charge in [0, 0.05) is 24.2 Å². The van der Waals surface area contributed by atoms with E-state index in [0.29, 0.717) is 17.9 Å². The molecule has 0 aliphatic heterocycles. The molecule has 0 aromatic heterocycles. The number of hydrogen-bond donors (Lipinski definition) is 2. The first-order valence-electron chi connectivity index (χ1n) is 6.86. The number of halogens is 1. The minimum absolute atomic E-state index is 0.0763. The zero-order valence-corrected chi connectivity index (χ0v) is 12.5. The quantitative estimate of drug-likeness (QED) is 0.807. The molecule has 1 rings (SSSR count). The number of ether oxygens (including phenoxy) is 1. The van der Waals surface area contributed by atoms with Crippen LogP contribution in [0.25, 0.3) is 0 Å². The monoisotopic (exact) mass is 282 g/mol. The fraction of sp³-hybridized carbons (Fsp3) is 0.533. The van der Waals surface area contributed by atoms with Crippen molar-refractivity contribution in [2.45, 2.75) is 39.3 Å². The maximum atomic E-state index is 13.9. The predicted octanol–water partition coefficient (Wildman–Crippen LogP) is 2.40. The molecule has 0 bridgehead atoms. The highest BCUT2D eigenvalue weighted by Gasteiger charge is 2.18. The SMILES string of the molecule is CCCNC(=O)C(C)NC(C)c1ccc(OC)cc1F. The van der Waals surface area contributed by atoms with Gasteiger partial charge in [-0.1, -0.05) is 13.0 Å². The molecule has 0 saturated heterocycles. The summed E-state index contributed by atoms with van der Waals surface area (Å²) >= 11 is 0. The standard InChI is InChI=1S/C15H23FN2O2/c1-5-8-17-15(19)11(3)18-10(2)13-7-6-12(20-4)9-14(13)16/h6-7,9-11,18H,5,8H2,1-4H3,(H,17,19). The summed E-state index contributed by atoms with van der Waals surface area (Å²) in [4.78, 5) is 11.8. The van der Waals surface area contributed by atoms with Crippen molar-refractivity contribution in [2.75, 3.05) is 13.7 Å². The number of carbonyl (C=O) groups is 1. The zero-order chi connectivity index (χ0) is 15.1. The molecule has 2 N–H and O–H groups in total. The van der Waals surface area contributed by atoms with Crippen LogP contribution >= 0.6 is 0 Å². The number of hydrogen-bond acceptors (Lipinski definition) is 3. The highest BCUT2D eigenvalue weighted by Crippen LogP contribution is 2.21. The van der Waals surface area contributed by atoms with Crippen LogP contribution in [0.2, 0.25) is 0 Å². The normalized spacial score (nSPS) is 13.7. The van der Waals surface area contributed by atoms with Crippen molar-refractivity contribution in [2.24, 2.45) is 0 Å². The number of carbonyl (C=O) groups excluding carboxylic acids is 1. The van der Waals surface area contributed by atoms with Gasteiger partial charge in [0.25, 0.3) is 0 Å². The molecule has 4 nitrogen and oxygen atoms in total. The summed E-state index contributed by atoms with van der Waals surface area (Å²) in [5.41, 5.74) is 0.515. The Morgan fingerprint density at radius 3 is 2.65 bits per heavy atom. The molecular formula is C15H23FN2O2. The summed E-state index contributed by atoms with van der Waals surface area (Å²) in [7, 11) is 1.50. The lowest BCUT2D eigenvalue weighted by molar-refractivity contribution is -0.122. The van der Waals surface area contributed by atoms with Gasteiger partial charge in [0.15, 0.2) is 0 Å². The van der Waals surface area contributed by atoms with Crippen molar-refractivity contribution in [3.63, 3.8) is 0 Å². The lowest BCUT2D eigenvalue weighted by atomic mass is 10.1. The second-order valence-corrected chi connectivity index (χ2v) is 4.79. The maximum Gasteiger partial charge on any atom is 0.236 e. The summed E-state index contributed by atoms with van der Waals surface area (Å²) in [5.74, 6) is 0.0605. The largest absolute Gasteiger partial charge is 0.497 e. The second kappa shape index (κ2) is 7.85. The van der Waals surface area contributed by atoms with Gasteiger partial charge in [0.2, 0.25) is 5.91 Å². The van der Waals surface area contributed by atoms with E-state index in [2.05, 4.69) is 10.6 Å². The minimum Gasteiger partial charge on any atom is -0.497 e. The van der Waals surface area contributed by atoms with E-state index in [4.69, 9.17) is 4.74 Å². The van der Waals surface area contributed by atoms with E-state index in [1.54, 1.807) is 19.1 Å². The fourth-order valence-corrected chi connectivity index (χ4v) is 1.93. The van der Waals surface area contributed by atoms with Crippen molar-refractivity contribution in [1.29, 1.82) is 0 Å². The van der Waals surface area contributed by atoms with Gasteiger partial charge in [-0.2, -0.15) is 0 Å². The topological polar surface area (TPSA) is 50.4 Å². The Bertz CT molecular complexity index is 451. The second-order valence-electron chi connectivity index (χ2n) is 4.79. The highest BCUT2D eigenvalue weighted by molar-refractivity contribution is 5.81. The van der Waals surface area contributed by atoms with Gasteiger partial charge in [-0.3, -0.25) is 10.1 Å². The van der Waals surface area contributed by atoms with Crippen molar-refractivity contribution in [1.82, 2.24) is 10.6 Å². The average Bonchev–Trinajstić information content (AvgIpc) is 2.44. The van der Waals surface area contributed by atoms with Crippen LogP contribution in [0.1, 0.15) is 38.8 Å². The third-order valence-electron chi connectivity index (χ3n) is 3.12. The highest BCUT2D eigenvalue weighted by atomic mass is 19.1. The number of amides is 1. The van der Waals surface area contributed by atoms with Gasteiger partial charge >= 0.3 is 0 Å². The van der Waals surface area contributed by atoms with E-state index in [0.717, 1.165) is 6.42 Å². The molecule has 0 fully saturated rings. The molecule has 0 saturated carbocycles. The minimum atomic E-state index is -0.377. The zero-order valence-electron chi connectivity index (χ0n) is 12.5. The molecule has 20 heavy (non-hydrogen) atoms. The summed E-state index contributed by atoms with van der Waals surface area (Å²) in [6.07, 6.45) is 0.890. The van der Waals surface area contributed by atoms with Crippen LogP contribution in [0, 0.1) is 5.82 Å². The molecule has 0 radical (unpaired) electrons. The first-order chi connectivity index (χ1) is 9.49. The van der Waals surface area contributed by atoms with Crippen LogP contribution in [-0.2, 0) is 4.79 Å². The van der Waals surface area contributed by atoms with Gasteiger partial charge in [0.1, 0.15) is 11.6 Å². The van der Waals surface area contributed by atoms with Gasteiger partial charge in [-0.25, -0.2) is 4.39 Å². The molecular weight excluding hydrogens is 259 g/mol. The van der Waals surface area contributed by atoms with E-state index in [1.165, 1.54) is 13.2 Å². The van der Waals surface area contributed by atoms with Crippen LogP contribution in [0.15, 0.2) is 18.2 Å². The van der Waals surface area contributed by atoms with E-state index in [1.807, 2.05) is 13.8 Å². The summed E-state index contributed by atoms with van der Waals surface area (Å²) in [6, 6.07) is 4.08. The Balaban J connectivity index is 2.66. The molecule has 5 heteroatoms. The number of benzene rings is 1. The first-order valence-corrected chi connectivity index (χ1v) is 6.86. The Morgan fingerprint density at radius 2 is 2.10 bits per heavy atom. The Hall–Kier alpha value is -1.62. The smallest absolute Gasteiger partial charge is 0.236 e. The van der Waals surface area contributed by atoms with Crippen molar-refractivity contribution in [3.05, 3.63) is 29.6 Å². The number of rotatable bonds is 7. The molecule has 2 unspecified atom stereocenters. The third-order valence-corrected chi connectivity index (χ3v) is 3.12. The summed E-state index contributed by atoms with van der Waals surface area (Å²) < 4.78 is 18.9. The third kappa shape index (κ3) is 4.49. The van der Waals surface area contributed by atoms with Gasteiger partial charge in [-0.15, -0.1) is 0 Å². The molecule has 0 aliphatic carbocycles. The van der Waals surface area contributed by atoms with Crippen LogP contribution in [0.4, 0.5) is 4.39 Å². The van der Waals surface area contributed by atoms with E-state index < -0.39 is 0 Å². The Morgan fingerprint density at radius 1 is 1.40 bits per heavy atom. The molecule has 0 spiro atoms. The van der Waals surface area contributed by atoms with Crippen molar-refractivity contribution < 1.29 is 13.9 Å². The van der Waals surface area contributed by atoms with Crippen LogP contribution in [0.3, 0.4) is 0 Å². The fourth-order valence-electron chi connectivity index (χ4n) is 1.93. The molecule has 1 amide bonds. The lowest BCUT2D eigenvalue weighted by Crippen LogP contribution is -2.43. The molecule has 2 atom stereocenters. The van der Waals surface area contributed by atoms with Gasteiger partial charge < -0.3 is 10.1 Å². The summed E-state index contributed by atoms with van der Waals surface area (Å²) in [6.45, 7) is 6.24. The van der Waals surface area contributed by atoms with E-state index in [-0.39, 0.29) is 23.8 Å². The summed E-state index contributed by atoms with van der Waals surface area (Å²) in [5, 5.41) is 5.90. The molecule has 112 valence electrons. The Kier molecular flexibility index (Phi) is 6.45. The number of methoxy groups -OCH3 is 1. The molecule has 0 heterocycles. The van der Waals surface area contributed by atoms with Gasteiger partial charge in [0.05, 0.1) is 13.2 Å². The molecule has 1 aromatic carbocycles. The predicted molar refractivity (Wildman–Crippen MR) is 77.3 cm³/mol.